The fraction of sp³-hybridized carbons (Fsp3) is 0.375. The van der Waals surface area contributed by atoms with Gasteiger partial charge < -0.3 is 10.2 Å². The standard InChI is InChI=1S/C32H40BrN3O4S/c1-23(2)34-32(38)30(21-26-10-7-6-8-11-26)35(22-27-15-17-28(33)18-16-27)31(37)12-9-19-36(41(5,39)40)29-20-24(3)13-14-25(29)4/h6-8,10-11,13-18,20,23,30H,9,12,19,21-22H2,1-5H3,(H,34,38)/t30-/m1/s1. The molecule has 0 bridgehead atoms. The van der Waals surface area contributed by atoms with Crippen LogP contribution in [0.5, 0.6) is 0 Å². The van der Waals surface area contributed by atoms with Crippen LogP contribution < -0.4 is 9.62 Å². The number of carbonyl (C=O) groups excluding carboxylic acids is 2. The molecule has 0 fully saturated rings. The van der Waals surface area contributed by atoms with Gasteiger partial charge in [0.05, 0.1) is 11.9 Å². The van der Waals surface area contributed by atoms with Gasteiger partial charge in [-0.25, -0.2) is 8.42 Å². The van der Waals surface area contributed by atoms with Gasteiger partial charge >= 0.3 is 0 Å². The van der Waals surface area contributed by atoms with E-state index in [-0.39, 0.29) is 37.4 Å². The van der Waals surface area contributed by atoms with Gasteiger partial charge in [0.1, 0.15) is 6.04 Å². The normalized spacial score (nSPS) is 12.2. The van der Waals surface area contributed by atoms with Crippen LogP contribution in [0.4, 0.5) is 5.69 Å². The van der Waals surface area contributed by atoms with Gasteiger partial charge in [-0.15, -0.1) is 0 Å². The summed E-state index contributed by atoms with van der Waals surface area (Å²) in [6.07, 6.45) is 1.94. The number of benzene rings is 3. The van der Waals surface area contributed by atoms with Gasteiger partial charge in [-0.1, -0.05) is 70.5 Å². The number of sulfonamides is 1. The lowest BCUT2D eigenvalue weighted by Crippen LogP contribution is -2.51. The molecule has 1 atom stereocenters. The van der Waals surface area contributed by atoms with Gasteiger partial charge in [-0.2, -0.15) is 0 Å². The molecule has 0 aliphatic heterocycles. The summed E-state index contributed by atoms with van der Waals surface area (Å²) >= 11 is 3.46. The van der Waals surface area contributed by atoms with E-state index in [1.165, 1.54) is 10.6 Å². The molecule has 7 nitrogen and oxygen atoms in total. The van der Waals surface area contributed by atoms with Crippen LogP contribution in [0.3, 0.4) is 0 Å². The van der Waals surface area contributed by atoms with E-state index in [1.54, 1.807) is 4.90 Å². The number of rotatable bonds is 13. The molecule has 0 radical (unpaired) electrons. The maximum absolute atomic E-state index is 13.9. The van der Waals surface area contributed by atoms with Gasteiger partial charge in [-0.3, -0.25) is 13.9 Å². The number of hydrogen-bond donors (Lipinski definition) is 1. The predicted octanol–water partition coefficient (Wildman–Crippen LogP) is 5.78. The van der Waals surface area contributed by atoms with Gasteiger partial charge in [0.2, 0.25) is 21.8 Å². The Morgan fingerprint density at radius 2 is 1.59 bits per heavy atom. The van der Waals surface area contributed by atoms with Gasteiger partial charge in [0.25, 0.3) is 0 Å². The van der Waals surface area contributed by atoms with Crippen molar-refractivity contribution in [2.75, 3.05) is 17.1 Å². The average Bonchev–Trinajstić information content (AvgIpc) is 2.90. The fourth-order valence-corrected chi connectivity index (χ4v) is 5.97. The van der Waals surface area contributed by atoms with E-state index in [4.69, 9.17) is 0 Å². The molecule has 0 spiro atoms. The Bertz CT molecular complexity index is 1430. The van der Waals surface area contributed by atoms with Crippen LogP contribution in [0.1, 0.15) is 48.9 Å². The fourth-order valence-electron chi connectivity index (χ4n) is 4.69. The molecule has 0 saturated carbocycles. The monoisotopic (exact) mass is 641 g/mol. The Kier molecular flexibility index (Phi) is 11.5. The number of carbonyl (C=O) groups is 2. The van der Waals surface area contributed by atoms with Crippen molar-refractivity contribution in [2.24, 2.45) is 0 Å². The quantitative estimate of drug-likeness (QED) is 0.256. The Labute approximate surface area is 253 Å². The molecular formula is C32H40BrN3O4S. The van der Waals surface area contributed by atoms with Crippen LogP contribution in [-0.4, -0.2) is 50.0 Å². The summed E-state index contributed by atoms with van der Waals surface area (Å²) in [7, 11) is -3.57. The molecule has 3 aromatic rings. The van der Waals surface area contributed by atoms with E-state index in [1.807, 2.05) is 100 Å². The molecule has 0 aliphatic rings. The Morgan fingerprint density at radius 3 is 2.20 bits per heavy atom. The zero-order valence-corrected chi connectivity index (χ0v) is 26.8. The summed E-state index contributed by atoms with van der Waals surface area (Å²) in [5.41, 5.74) is 4.26. The van der Waals surface area contributed by atoms with Crippen LogP contribution in [0.2, 0.25) is 0 Å². The van der Waals surface area contributed by atoms with E-state index in [0.29, 0.717) is 18.5 Å². The molecule has 0 saturated heterocycles. The molecule has 2 amide bonds. The van der Waals surface area contributed by atoms with Crippen LogP contribution in [0, 0.1) is 13.8 Å². The van der Waals surface area contributed by atoms with Crippen molar-refractivity contribution in [2.45, 2.75) is 65.6 Å². The van der Waals surface area contributed by atoms with Crippen LogP contribution >= 0.6 is 15.9 Å². The highest BCUT2D eigenvalue weighted by Gasteiger charge is 2.31. The molecule has 3 rings (SSSR count). The van der Waals surface area contributed by atoms with Crippen LogP contribution in [0.25, 0.3) is 0 Å². The van der Waals surface area contributed by atoms with E-state index >= 15 is 0 Å². The molecule has 3 aromatic carbocycles. The highest BCUT2D eigenvalue weighted by Crippen LogP contribution is 2.25. The maximum atomic E-state index is 13.9. The number of anilines is 1. The molecular weight excluding hydrogens is 602 g/mol. The second-order valence-corrected chi connectivity index (χ2v) is 13.6. The Morgan fingerprint density at radius 1 is 0.927 bits per heavy atom. The molecule has 0 aliphatic carbocycles. The lowest BCUT2D eigenvalue weighted by atomic mass is 10.0. The number of hydrogen-bond acceptors (Lipinski definition) is 4. The van der Waals surface area contributed by atoms with Gasteiger partial charge in [-0.05, 0) is 74.6 Å². The zero-order chi connectivity index (χ0) is 30.2. The minimum atomic E-state index is -3.57. The SMILES string of the molecule is Cc1ccc(C)c(N(CCCC(=O)N(Cc2ccc(Br)cc2)[C@H](Cc2ccccc2)C(=O)NC(C)C)S(C)(=O)=O)c1. The minimum absolute atomic E-state index is 0.0909. The van der Waals surface area contributed by atoms with E-state index in [0.717, 1.165) is 26.7 Å². The van der Waals surface area contributed by atoms with Crippen molar-refractivity contribution in [1.82, 2.24) is 10.2 Å². The first-order chi connectivity index (χ1) is 19.3. The van der Waals surface area contributed by atoms with Crippen molar-refractivity contribution in [3.63, 3.8) is 0 Å². The summed E-state index contributed by atoms with van der Waals surface area (Å²) in [5, 5.41) is 2.99. The summed E-state index contributed by atoms with van der Waals surface area (Å²) < 4.78 is 27.8. The van der Waals surface area contributed by atoms with Crippen molar-refractivity contribution >= 4 is 43.5 Å². The van der Waals surface area contributed by atoms with Gasteiger partial charge in [0.15, 0.2) is 0 Å². The van der Waals surface area contributed by atoms with Crippen molar-refractivity contribution in [3.8, 4) is 0 Å². The molecule has 41 heavy (non-hydrogen) atoms. The van der Waals surface area contributed by atoms with E-state index in [9.17, 15) is 18.0 Å². The van der Waals surface area contributed by atoms with E-state index < -0.39 is 16.1 Å². The number of halogens is 1. The minimum Gasteiger partial charge on any atom is -0.352 e. The summed E-state index contributed by atoms with van der Waals surface area (Å²) in [4.78, 5) is 29.0. The zero-order valence-electron chi connectivity index (χ0n) is 24.4. The highest BCUT2D eigenvalue weighted by molar-refractivity contribution is 9.10. The van der Waals surface area contributed by atoms with Crippen molar-refractivity contribution in [3.05, 3.63) is 99.5 Å². The largest absolute Gasteiger partial charge is 0.352 e. The second-order valence-electron chi connectivity index (χ2n) is 10.7. The summed E-state index contributed by atoms with van der Waals surface area (Å²) in [6.45, 7) is 7.99. The van der Waals surface area contributed by atoms with E-state index in [2.05, 4.69) is 21.2 Å². The lowest BCUT2D eigenvalue weighted by Gasteiger charge is -2.32. The number of nitrogens with one attached hydrogen (secondary N) is 1. The second kappa shape index (κ2) is 14.6. The van der Waals surface area contributed by atoms with Gasteiger partial charge in [0, 0.05) is 36.4 Å². The molecule has 9 heteroatoms. The number of aryl methyl sites for hydroxylation is 2. The lowest BCUT2D eigenvalue weighted by molar-refractivity contribution is -0.141. The number of amides is 2. The highest BCUT2D eigenvalue weighted by atomic mass is 79.9. The van der Waals surface area contributed by atoms with Crippen molar-refractivity contribution in [1.29, 1.82) is 0 Å². The Hall–Kier alpha value is -3.17. The smallest absolute Gasteiger partial charge is 0.243 e. The molecule has 1 N–H and O–H groups in total. The molecule has 0 aromatic heterocycles. The Balaban J connectivity index is 1.89. The summed E-state index contributed by atoms with van der Waals surface area (Å²) in [5.74, 6) is -0.426. The molecule has 0 unspecified atom stereocenters. The first kappa shape index (κ1) is 32.3. The third-order valence-electron chi connectivity index (χ3n) is 6.75. The van der Waals surface area contributed by atoms with Crippen molar-refractivity contribution < 1.29 is 18.0 Å². The van der Waals surface area contributed by atoms with Crippen LogP contribution in [-0.2, 0) is 32.6 Å². The topological polar surface area (TPSA) is 86.8 Å². The molecule has 220 valence electrons. The third kappa shape index (κ3) is 9.71. The summed E-state index contributed by atoms with van der Waals surface area (Å²) in [6, 6.07) is 22.2. The first-order valence-electron chi connectivity index (χ1n) is 13.8. The predicted molar refractivity (Wildman–Crippen MR) is 169 cm³/mol. The maximum Gasteiger partial charge on any atom is 0.243 e. The first-order valence-corrected chi connectivity index (χ1v) is 16.4. The third-order valence-corrected chi connectivity index (χ3v) is 8.46. The molecule has 0 heterocycles. The van der Waals surface area contributed by atoms with Crippen LogP contribution in [0.15, 0.2) is 77.3 Å². The number of nitrogens with zero attached hydrogens (tertiary/aromatic N) is 2. The average molecular weight is 643 g/mol.